The van der Waals surface area contributed by atoms with E-state index in [-0.39, 0.29) is 18.5 Å². The van der Waals surface area contributed by atoms with Crippen LogP contribution in [0.5, 0.6) is 0 Å². The predicted molar refractivity (Wildman–Crippen MR) is 140 cm³/mol. The third kappa shape index (κ3) is 8.43. The second-order valence-electron chi connectivity index (χ2n) is 9.86. The molecule has 1 aromatic carbocycles. The zero-order chi connectivity index (χ0) is 26.9. The molecule has 36 heavy (non-hydrogen) atoms. The lowest BCUT2D eigenvalue weighted by Gasteiger charge is -2.44. The third-order valence-corrected chi connectivity index (χ3v) is 6.61. The van der Waals surface area contributed by atoms with Gasteiger partial charge in [-0.3, -0.25) is 14.4 Å². The van der Waals surface area contributed by atoms with Gasteiger partial charge >= 0.3 is 12.1 Å². The Labute approximate surface area is 218 Å². The van der Waals surface area contributed by atoms with E-state index in [1.165, 1.54) is 7.11 Å². The zero-order valence-electron chi connectivity index (χ0n) is 22.1. The smallest absolute Gasteiger partial charge is 0.408 e. The number of carbonyl (C=O) groups excluding carboxylic acids is 4. The van der Waals surface area contributed by atoms with Gasteiger partial charge in [-0.05, 0) is 76.5 Å². The van der Waals surface area contributed by atoms with Gasteiger partial charge in [0, 0.05) is 6.04 Å². The average Bonchev–Trinajstić information content (AvgIpc) is 2.77. The van der Waals surface area contributed by atoms with E-state index in [0.29, 0.717) is 17.7 Å². The Morgan fingerprint density at radius 2 is 1.83 bits per heavy atom. The van der Waals surface area contributed by atoms with Crippen LogP contribution < -0.4 is 10.6 Å². The van der Waals surface area contributed by atoms with Crippen LogP contribution in [-0.2, 0) is 23.9 Å². The fourth-order valence-corrected chi connectivity index (χ4v) is 4.42. The summed E-state index contributed by atoms with van der Waals surface area (Å²) in [6.07, 6.45) is 4.06. The fourth-order valence-electron chi connectivity index (χ4n) is 3.94. The molecule has 0 bridgehead atoms. The van der Waals surface area contributed by atoms with Gasteiger partial charge in [0.25, 0.3) is 0 Å². The van der Waals surface area contributed by atoms with E-state index < -0.39 is 35.7 Å². The number of thioether (sulfide) groups is 1. The molecule has 2 N–H and O–H groups in total. The monoisotopic (exact) mass is 521 g/mol. The maximum absolute atomic E-state index is 14.1. The van der Waals surface area contributed by atoms with Crippen LogP contribution in [0.2, 0.25) is 0 Å². The van der Waals surface area contributed by atoms with E-state index in [2.05, 4.69) is 15.4 Å². The van der Waals surface area contributed by atoms with Crippen molar-refractivity contribution in [3.8, 4) is 0 Å². The van der Waals surface area contributed by atoms with Gasteiger partial charge in [0.05, 0.1) is 7.11 Å². The van der Waals surface area contributed by atoms with Gasteiger partial charge in [0.1, 0.15) is 24.2 Å². The molecule has 2 rings (SSSR count). The number of ether oxygens (including phenoxy) is 2. The summed E-state index contributed by atoms with van der Waals surface area (Å²) in [6.45, 7) is 6.84. The van der Waals surface area contributed by atoms with Crippen LogP contribution in [0.4, 0.5) is 4.79 Å². The lowest BCUT2D eigenvalue weighted by molar-refractivity contribution is -0.148. The molecule has 1 aliphatic rings. The van der Waals surface area contributed by atoms with E-state index in [1.54, 1.807) is 37.4 Å². The summed E-state index contributed by atoms with van der Waals surface area (Å²) < 4.78 is 10.1. The number of nitrogens with zero attached hydrogens (tertiary/aromatic N) is 1. The molecule has 1 aliphatic carbocycles. The van der Waals surface area contributed by atoms with Gasteiger partial charge in [-0.15, -0.1) is 0 Å². The SMILES string of the molecule is COC(=O)CNC(=O)C(c1ccccc1C)N(C(=O)C(CCSC)NC(=O)OC(C)(C)C)C1CCC1. The first-order valence-corrected chi connectivity index (χ1v) is 13.6. The number of nitrogens with one attached hydrogen (secondary N) is 2. The summed E-state index contributed by atoms with van der Waals surface area (Å²) in [4.78, 5) is 53.5. The van der Waals surface area contributed by atoms with Crippen molar-refractivity contribution in [2.24, 2.45) is 0 Å². The Kier molecular flexibility index (Phi) is 11.1. The lowest BCUT2D eigenvalue weighted by Crippen LogP contribution is -2.58. The Hall–Kier alpha value is -2.75. The van der Waals surface area contributed by atoms with E-state index in [0.717, 1.165) is 24.8 Å². The molecule has 2 atom stereocenters. The molecular weight excluding hydrogens is 482 g/mol. The van der Waals surface area contributed by atoms with Crippen LogP contribution in [0.3, 0.4) is 0 Å². The standard InChI is InChI=1S/C26H39N3O6S/c1-17-10-7-8-13-19(17)22(23(31)27-16-21(30)34-5)29(18-11-9-12-18)24(32)20(14-15-36-6)28-25(33)35-26(2,3)4/h7-8,10,13,18,20,22H,9,11-12,14-16H2,1-6H3,(H,27,31)(H,28,33). The van der Waals surface area contributed by atoms with Crippen molar-refractivity contribution in [3.63, 3.8) is 0 Å². The molecule has 10 heteroatoms. The largest absolute Gasteiger partial charge is 0.468 e. The molecular formula is C26H39N3O6S. The van der Waals surface area contributed by atoms with E-state index in [1.807, 2.05) is 37.4 Å². The van der Waals surface area contributed by atoms with Crippen LogP contribution in [0.25, 0.3) is 0 Å². The van der Waals surface area contributed by atoms with Crippen LogP contribution in [-0.4, -0.2) is 72.1 Å². The van der Waals surface area contributed by atoms with Crippen molar-refractivity contribution in [1.29, 1.82) is 0 Å². The Morgan fingerprint density at radius 3 is 2.36 bits per heavy atom. The minimum absolute atomic E-state index is 0.164. The molecule has 1 aromatic rings. The highest BCUT2D eigenvalue weighted by atomic mass is 32.2. The number of esters is 1. The molecule has 0 aliphatic heterocycles. The first kappa shape index (κ1) is 29.5. The second-order valence-corrected chi connectivity index (χ2v) is 10.8. The van der Waals surface area contributed by atoms with Crippen LogP contribution in [0, 0.1) is 6.92 Å². The maximum atomic E-state index is 14.1. The molecule has 0 aromatic heterocycles. The number of alkyl carbamates (subject to hydrolysis) is 1. The van der Waals surface area contributed by atoms with Crippen molar-refractivity contribution < 1.29 is 28.7 Å². The number of rotatable bonds is 11. The minimum Gasteiger partial charge on any atom is -0.468 e. The Morgan fingerprint density at radius 1 is 1.17 bits per heavy atom. The molecule has 2 unspecified atom stereocenters. The average molecular weight is 522 g/mol. The van der Waals surface area contributed by atoms with E-state index in [9.17, 15) is 19.2 Å². The number of aryl methyl sites for hydroxylation is 1. The number of benzene rings is 1. The summed E-state index contributed by atoms with van der Waals surface area (Å²) >= 11 is 1.56. The first-order valence-electron chi connectivity index (χ1n) is 12.2. The zero-order valence-corrected chi connectivity index (χ0v) is 22.9. The first-order chi connectivity index (χ1) is 17.0. The highest BCUT2D eigenvalue weighted by Crippen LogP contribution is 2.35. The molecule has 0 heterocycles. The number of carbonyl (C=O) groups is 4. The molecule has 9 nitrogen and oxygen atoms in total. The maximum Gasteiger partial charge on any atom is 0.408 e. The summed E-state index contributed by atoms with van der Waals surface area (Å²) in [5, 5.41) is 5.37. The molecule has 0 radical (unpaired) electrons. The van der Waals surface area contributed by atoms with Crippen molar-refractivity contribution in [2.75, 3.05) is 25.7 Å². The Bertz CT molecular complexity index is 928. The van der Waals surface area contributed by atoms with Gasteiger partial charge in [0.15, 0.2) is 0 Å². The Balaban J connectivity index is 2.46. The number of hydrogen-bond donors (Lipinski definition) is 2. The molecule has 200 valence electrons. The molecule has 0 spiro atoms. The number of hydrogen-bond acceptors (Lipinski definition) is 7. The normalized spacial score (nSPS) is 15.2. The topological polar surface area (TPSA) is 114 Å². The fraction of sp³-hybridized carbons (Fsp3) is 0.615. The molecule has 1 fully saturated rings. The van der Waals surface area contributed by atoms with Crippen molar-refractivity contribution >= 4 is 35.6 Å². The van der Waals surface area contributed by atoms with Gasteiger partial charge in [-0.25, -0.2) is 4.79 Å². The molecule has 3 amide bonds. The quantitative estimate of drug-likeness (QED) is 0.429. The van der Waals surface area contributed by atoms with Crippen molar-refractivity contribution in [2.45, 2.75) is 77.1 Å². The lowest BCUT2D eigenvalue weighted by atomic mass is 9.87. The highest BCUT2D eigenvalue weighted by molar-refractivity contribution is 7.98. The van der Waals surface area contributed by atoms with E-state index in [4.69, 9.17) is 4.74 Å². The number of amides is 3. The summed E-state index contributed by atoms with van der Waals surface area (Å²) in [7, 11) is 1.25. The second kappa shape index (κ2) is 13.5. The van der Waals surface area contributed by atoms with E-state index >= 15 is 0 Å². The van der Waals surface area contributed by atoms with Crippen LogP contribution in [0.1, 0.15) is 63.6 Å². The van der Waals surface area contributed by atoms with Gasteiger partial charge in [0.2, 0.25) is 11.8 Å². The highest BCUT2D eigenvalue weighted by Gasteiger charge is 2.42. The summed E-state index contributed by atoms with van der Waals surface area (Å²) in [6, 6.07) is 5.37. The minimum atomic E-state index is -0.967. The summed E-state index contributed by atoms with van der Waals surface area (Å²) in [5.74, 6) is -0.774. The van der Waals surface area contributed by atoms with Crippen molar-refractivity contribution in [1.82, 2.24) is 15.5 Å². The third-order valence-electron chi connectivity index (χ3n) is 5.97. The van der Waals surface area contributed by atoms with Gasteiger partial charge < -0.3 is 25.0 Å². The van der Waals surface area contributed by atoms with Gasteiger partial charge in [-0.1, -0.05) is 24.3 Å². The summed E-state index contributed by atoms with van der Waals surface area (Å²) in [5.41, 5.74) is 0.789. The van der Waals surface area contributed by atoms with Crippen molar-refractivity contribution in [3.05, 3.63) is 35.4 Å². The number of methoxy groups -OCH3 is 1. The van der Waals surface area contributed by atoms with Crippen LogP contribution >= 0.6 is 11.8 Å². The predicted octanol–water partition coefficient (Wildman–Crippen LogP) is 3.35. The molecule has 0 saturated heterocycles. The van der Waals surface area contributed by atoms with Crippen LogP contribution in [0.15, 0.2) is 24.3 Å². The van der Waals surface area contributed by atoms with Gasteiger partial charge in [-0.2, -0.15) is 11.8 Å². The molecule has 1 saturated carbocycles.